The zero-order valence-electron chi connectivity index (χ0n) is 22.3. The lowest BCUT2D eigenvalue weighted by Crippen LogP contribution is -2.05. The number of rotatable bonds is 10. The monoisotopic (exact) mass is 515 g/mol. The summed E-state index contributed by atoms with van der Waals surface area (Å²) in [5.74, 6) is 3.37. The van der Waals surface area contributed by atoms with Crippen molar-refractivity contribution in [1.82, 2.24) is 15.0 Å². The number of hydrogen-bond donors (Lipinski definition) is 2. The summed E-state index contributed by atoms with van der Waals surface area (Å²) < 4.78 is 16.7. The number of hydrogen-bond acceptors (Lipinski definition) is 8. The van der Waals surface area contributed by atoms with Crippen LogP contribution in [0.5, 0.6) is 28.7 Å². The molecular weight excluding hydrogens is 482 g/mol. The van der Waals surface area contributed by atoms with E-state index in [1.54, 1.807) is 43.5 Å². The summed E-state index contributed by atoms with van der Waals surface area (Å²) in [7, 11) is 1.60. The minimum Gasteiger partial charge on any atom is -0.507 e. The van der Waals surface area contributed by atoms with Crippen LogP contribution in [0.2, 0.25) is 0 Å². The third-order valence-corrected chi connectivity index (χ3v) is 5.57. The largest absolute Gasteiger partial charge is 0.507 e. The number of phenolic OH excluding ortho intramolecular Hbond substituents is 2. The maximum Gasteiger partial charge on any atom is 0.167 e. The fourth-order valence-corrected chi connectivity index (χ4v) is 3.59. The minimum atomic E-state index is -0.0225. The van der Waals surface area contributed by atoms with Crippen molar-refractivity contribution in [3.05, 3.63) is 60.7 Å². The van der Waals surface area contributed by atoms with Crippen LogP contribution in [0.1, 0.15) is 27.7 Å². The second-order valence-electron chi connectivity index (χ2n) is 9.80. The molecule has 0 atom stereocenters. The summed E-state index contributed by atoms with van der Waals surface area (Å²) in [4.78, 5) is 13.9. The number of nitrogens with zero attached hydrogens (tertiary/aromatic N) is 3. The summed E-state index contributed by atoms with van der Waals surface area (Å²) in [5, 5.41) is 21.7. The van der Waals surface area contributed by atoms with Crippen LogP contribution in [0.15, 0.2) is 60.7 Å². The molecule has 0 saturated heterocycles. The van der Waals surface area contributed by atoms with Crippen LogP contribution in [0.3, 0.4) is 0 Å². The number of phenols is 2. The molecule has 3 aromatic carbocycles. The van der Waals surface area contributed by atoms with Crippen molar-refractivity contribution in [2.45, 2.75) is 27.7 Å². The van der Waals surface area contributed by atoms with E-state index in [2.05, 4.69) is 42.6 Å². The first-order chi connectivity index (χ1) is 18.2. The maximum absolute atomic E-state index is 10.8. The van der Waals surface area contributed by atoms with Gasteiger partial charge in [0.25, 0.3) is 0 Å². The van der Waals surface area contributed by atoms with Gasteiger partial charge in [-0.25, -0.2) is 15.0 Å². The second-order valence-corrected chi connectivity index (χ2v) is 9.80. The molecule has 0 aliphatic carbocycles. The molecule has 0 amide bonds. The van der Waals surface area contributed by atoms with Gasteiger partial charge in [-0.15, -0.1) is 0 Å². The Hall–Kier alpha value is -4.33. The van der Waals surface area contributed by atoms with Crippen molar-refractivity contribution in [2.24, 2.45) is 11.8 Å². The summed E-state index contributed by atoms with van der Waals surface area (Å²) >= 11 is 0. The minimum absolute atomic E-state index is 0.0225. The normalized spacial score (nSPS) is 11.1. The number of aromatic hydroxyl groups is 2. The Morgan fingerprint density at radius 3 is 1.42 bits per heavy atom. The van der Waals surface area contributed by atoms with Crippen LogP contribution < -0.4 is 14.2 Å². The first-order valence-electron chi connectivity index (χ1n) is 12.6. The Kier molecular flexibility index (Phi) is 8.31. The molecule has 0 saturated carbocycles. The Morgan fingerprint density at radius 2 is 1.03 bits per heavy atom. The van der Waals surface area contributed by atoms with Crippen molar-refractivity contribution in [3.8, 4) is 62.9 Å². The lowest BCUT2D eigenvalue weighted by atomic mass is 10.1. The first-order valence-corrected chi connectivity index (χ1v) is 12.6. The molecule has 8 nitrogen and oxygen atoms in total. The summed E-state index contributed by atoms with van der Waals surface area (Å²) in [6.45, 7) is 9.29. The molecule has 0 bridgehead atoms. The van der Waals surface area contributed by atoms with Crippen molar-refractivity contribution in [2.75, 3.05) is 20.3 Å². The van der Waals surface area contributed by atoms with Crippen LogP contribution in [0, 0.1) is 11.8 Å². The summed E-state index contributed by atoms with van der Waals surface area (Å²) in [6, 6.07) is 17.4. The standard InChI is InChI=1S/C30H33N3O5/c1-18(2)16-37-22-10-12-24(26(34)14-22)29-31-28(20-6-8-21(36-5)9-7-20)32-30(33-29)25-13-11-23(15-27(25)35)38-17-19(3)4/h6-15,18-19,34-35H,16-17H2,1-5H3. The Labute approximate surface area is 222 Å². The Bertz CT molecular complexity index is 1310. The highest BCUT2D eigenvalue weighted by Gasteiger charge is 2.18. The van der Waals surface area contributed by atoms with E-state index >= 15 is 0 Å². The lowest BCUT2D eigenvalue weighted by molar-refractivity contribution is 0.270. The van der Waals surface area contributed by atoms with E-state index < -0.39 is 0 Å². The van der Waals surface area contributed by atoms with Gasteiger partial charge in [0, 0.05) is 17.7 Å². The third-order valence-electron chi connectivity index (χ3n) is 5.57. The average Bonchev–Trinajstić information content (AvgIpc) is 2.90. The first kappa shape index (κ1) is 26.7. The molecule has 0 spiro atoms. The molecule has 0 aliphatic rings. The van der Waals surface area contributed by atoms with Gasteiger partial charge < -0.3 is 24.4 Å². The third kappa shape index (κ3) is 6.51. The molecule has 8 heteroatoms. The molecular formula is C30H33N3O5. The number of benzene rings is 3. The second kappa shape index (κ2) is 11.8. The van der Waals surface area contributed by atoms with Gasteiger partial charge in [0.15, 0.2) is 17.5 Å². The number of aromatic nitrogens is 3. The molecule has 0 aliphatic heterocycles. The smallest absolute Gasteiger partial charge is 0.167 e. The highest BCUT2D eigenvalue weighted by molar-refractivity contribution is 5.72. The van der Waals surface area contributed by atoms with E-state index in [1.165, 1.54) is 0 Å². The Balaban J connectivity index is 1.78. The summed E-state index contributed by atoms with van der Waals surface area (Å²) in [5.41, 5.74) is 1.55. The van der Waals surface area contributed by atoms with Gasteiger partial charge in [-0.1, -0.05) is 27.7 Å². The van der Waals surface area contributed by atoms with E-state index in [9.17, 15) is 10.2 Å². The molecule has 198 valence electrons. The van der Waals surface area contributed by atoms with E-state index in [-0.39, 0.29) is 23.1 Å². The van der Waals surface area contributed by atoms with E-state index in [4.69, 9.17) is 14.2 Å². The molecule has 0 fully saturated rings. The molecule has 0 unspecified atom stereocenters. The molecule has 0 radical (unpaired) electrons. The van der Waals surface area contributed by atoms with Gasteiger partial charge in [-0.2, -0.15) is 0 Å². The molecule has 2 N–H and O–H groups in total. The predicted molar refractivity (Wildman–Crippen MR) is 147 cm³/mol. The zero-order valence-corrected chi connectivity index (χ0v) is 22.3. The van der Waals surface area contributed by atoms with Crippen molar-refractivity contribution < 1.29 is 24.4 Å². The van der Waals surface area contributed by atoms with E-state index in [1.807, 2.05) is 24.3 Å². The predicted octanol–water partition coefficient (Wildman–Crippen LogP) is 6.36. The average molecular weight is 516 g/mol. The van der Waals surface area contributed by atoms with Crippen LogP contribution in [-0.4, -0.2) is 45.5 Å². The van der Waals surface area contributed by atoms with E-state index in [0.717, 1.165) is 5.56 Å². The van der Waals surface area contributed by atoms with Crippen LogP contribution in [0.4, 0.5) is 0 Å². The molecule has 38 heavy (non-hydrogen) atoms. The molecule has 4 aromatic rings. The van der Waals surface area contributed by atoms with Gasteiger partial charge in [0.05, 0.1) is 31.5 Å². The SMILES string of the molecule is COc1ccc(-c2nc(-c3ccc(OCC(C)C)cc3O)nc(-c3ccc(OCC(C)C)cc3O)n2)cc1. The highest BCUT2D eigenvalue weighted by Crippen LogP contribution is 2.36. The van der Waals surface area contributed by atoms with Gasteiger partial charge in [0.1, 0.15) is 28.7 Å². The van der Waals surface area contributed by atoms with Gasteiger partial charge in [0.2, 0.25) is 0 Å². The molecule has 4 rings (SSSR count). The van der Waals surface area contributed by atoms with E-state index in [0.29, 0.717) is 59.2 Å². The van der Waals surface area contributed by atoms with Crippen LogP contribution in [0.25, 0.3) is 34.2 Å². The van der Waals surface area contributed by atoms with Gasteiger partial charge in [-0.05, 0) is 60.4 Å². The van der Waals surface area contributed by atoms with Crippen molar-refractivity contribution in [3.63, 3.8) is 0 Å². The number of methoxy groups -OCH3 is 1. The fourth-order valence-electron chi connectivity index (χ4n) is 3.59. The maximum atomic E-state index is 10.8. The Morgan fingerprint density at radius 1 is 0.605 bits per heavy atom. The quantitative estimate of drug-likeness (QED) is 0.251. The molecule has 1 aromatic heterocycles. The summed E-state index contributed by atoms with van der Waals surface area (Å²) in [6.07, 6.45) is 0. The van der Waals surface area contributed by atoms with Crippen molar-refractivity contribution >= 4 is 0 Å². The highest BCUT2D eigenvalue weighted by atomic mass is 16.5. The van der Waals surface area contributed by atoms with Gasteiger partial charge in [-0.3, -0.25) is 0 Å². The van der Waals surface area contributed by atoms with Gasteiger partial charge >= 0.3 is 0 Å². The topological polar surface area (TPSA) is 107 Å². The zero-order chi connectivity index (χ0) is 27.2. The van der Waals surface area contributed by atoms with Crippen LogP contribution in [-0.2, 0) is 0 Å². The fraction of sp³-hybridized carbons (Fsp3) is 0.300. The lowest BCUT2D eigenvalue weighted by Gasteiger charge is -2.13. The van der Waals surface area contributed by atoms with Crippen molar-refractivity contribution in [1.29, 1.82) is 0 Å². The molecule has 1 heterocycles. The number of ether oxygens (including phenoxy) is 3. The van der Waals surface area contributed by atoms with Crippen LogP contribution >= 0.6 is 0 Å².